The van der Waals surface area contributed by atoms with Crippen LogP contribution in [0, 0.1) is 12.3 Å². The quantitative estimate of drug-likeness (QED) is 0.826. The standard InChI is InChI=1S/C12H19N3O2/c1-9-7-10(17-15-9)11(16)14-8-12(2)3-5-13-6-4-12/h7,13H,3-6,8H2,1-2H3,(H,14,16). The molecule has 0 aromatic carbocycles. The molecule has 1 fully saturated rings. The van der Waals surface area contributed by atoms with Crippen LogP contribution >= 0.6 is 0 Å². The minimum atomic E-state index is -0.176. The highest BCUT2D eigenvalue weighted by molar-refractivity contribution is 5.91. The van der Waals surface area contributed by atoms with Crippen LogP contribution in [0.3, 0.4) is 0 Å². The molecule has 0 bridgehead atoms. The molecular weight excluding hydrogens is 218 g/mol. The van der Waals surface area contributed by atoms with Gasteiger partial charge in [0.25, 0.3) is 5.91 Å². The number of carbonyl (C=O) groups is 1. The van der Waals surface area contributed by atoms with Gasteiger partial charge in [0.2, 0.25) is 5.76 Å². The molecule has 17 heavy (non-hydrogen) atoms. The molecule has 1 aromatic heterocycles. The van der Waals surface area contributed by atoms with E-state index >= 15 is 0 Å². The Morgan fingerprint density at radius 2 is 2.29 bits per heavy atom. The minimum Gasteiger partial charge on any atom is -0.351 e. The number of aromatic nitrogens is 1. The molecule has 0 aliphatic carbocycles. The Morgan fingerprint density at radius 3 is 2.88 bits per heavy atom. The molecule has 2 heterocycles. The molecule has 5 heteroatoms. The van der Waals surface area contributed by atoms with Crippen LogP contribution in [-0.4, -0.2) is 30.7 Å². The van der Waals surface area contributed by atoms with Gasteiger partial charge >= 0.3 is 0 Å². The lowest BCUT2D eigenvalue weighted by atomic mass is 9.81. The summed E-state index contributed by atoms with van der Waals surface area (Å²) in [5.74, 6) is 0.116. The molecule has 0 saturated carbocycles. The number of hydrogen-bond acceptors (Lipinski definition) is 4. The predicted octanol–water partition coefficient (Wildman–Crippen LogP) is 1.10. The lowest BCUT2D eigenvalue weighted by Gasteiger charge is -2.33. The average Bonchev–Trinajstić information content (AvgIpc) is 2.74. The van der Waals surface area contributed by atoms with E-state index in [4.69, 9.17) is 4.52 Å². The number of aryl methyl sites for hydroxylation is 1. The fourth-order valence-electron chi connectivity index (χ4n) is 2.06. The van der Waals surface area contributed by atoms with Crippen LogP contribution in [0.15, 0.2) is 10.6 Å². The molecule has 5 nitrogen and oxygen atoms in total. The van der Waals surface area contributed by atoms with Gasteiger partial charge in [-0.25, -0.2) is 0 Å². The van der Waals surface area contributed by atoms with Crippen molar-refractivity contribution >= 4 is 5.91 Å². The second kappa shape index (κ2) is 4.87. The first-order chi connectivity index (χ1) is 8.09. The Balaban J connectivity index is 1.87. The fraction of sp³-hybridized carbons (Fsp3) is 0.667. The third kappa shape index (κ3) is 3.06. The zero-order valence-electron chi connectivity index (χ0n) is 10.4. The highest BCUT2D eigenvalue weighted by atomic mass is 16.5. The fourth-order valence-corrected chi connectivity index (χ4v) is 2.06. The van der Waals surface area contributed by atoms with Gasteiger partial charge in [-0.3, -0.25) is 4.79 Å². The van der Waals surface area contributed by atoms with Gasteiger partial charge in [-0.2, -0.15) is 0 Å². The maximum absolute atomic E-state index is 11.8. The topological polar surface area (TPSA) is 67.2 Å². The Kier molecular flexibility index (Phi) is 3.47. The Morgan fingerprint density at radius 1 is 1.59 bits per heavy atom. The number of amides is 1. The molecule has 1 aliphatic rings. The first kappa shape index (κ1) is 12.1. The van der Waals surface area contributed by atoms with Gasteiger partial charge in [-0.1, -0.05) is 12.1 Å². The van der Waals surface area contributed by atoms with Crippen molar-refractivity contribution in [3.63, 3.8) is 0 Å². The number of hydrogen-bond donors (Lipinski definition) is 2. The number of nitrogens with zero attached hydrogens (tertiary/aromatic N) is 1. The van der Waals surface area contributed by atoms with Gasteiger partial charge in [0.15, 0.2) is 0 Å². The number of rotatable bonds is 3. The second-order valence-corrected chi connectivity index (χ2v) is 5.08. The zero-order chi connectivity index (χ0) is 12.3. The van der Waals surface area contributed by atoms with Crippen LogP contribution in [0.2, 0.25) is 0 Å². The van der Waals surface area contributed by atoms with Crippen LogP contribution < -0.4 is 10.6 Å². The van der Waals surface area contributed by atoms with Crippen molar-refractivity contribution in [2.45, 2.75) is 26.7 Å². The summed E-state index contributed by atoms with van der Waals surface area (Å²) in [5.41, 5.74) is 0.916. The summed E-state index contributed by atoms with van der Waals surface area (Å²) < 4.78 is 4.92. The Labute approximate surface area is 101 Å². The van der Waals surface area contributed by atoms with Crippen molar-refractivity contribution in [1.82, 2.24) is 15.8 Å². The van der Waals surface area contributed by atoms with Gasteiger partial charge in [0.05, 0.1) is 5.69 Å². The lowest BCUT2D eigenvalue weighted by Crippen LogP contribution is -2.42. The summed E-state index contributed by atoms with van der Waals surface area (Å²) in [6, 6.07) is 1.65. The van der Waals surface area contributed by atoms with E-state index in [2.05, 4.69) is 22.7 Å². The molecule has 1 amide bonds. The van der Waals surface area contributed by atoms with Crippen molar-refractivity contribution in [1.29, 1.82) is 0 Å². The maximum Gasteiger partial charge on any atom is 0.289 e. The van der Waals surface area contributed by atoms with Crippen molar-refractivity contribution in [2.24, 2.45) is 5.41 Å². The number of carbonyl (C=O) groups excluding carboxylic acids is 1. The molecule has 2 rings (SSSR count). The maximum atomic E-state index is 11.8. The second-order valence-electron chi connectivity index (χ2n) is 5.08. The van der Waals surface area contributed by atoms with Crippen molar-refractivity contribution in [3.05, 3.63) is 17.5 Å². The number of piperidine rings is 1. The van der Waals surface area contributed by atoms with Gasteiger partial charge in [-0.15, -0.1) is 0 Å². The largest absolute Gasteiger partial charge is 0.351 e. The normalized spacial score (nSPS) is 18.9. The van der Waals surface area contributed by atoms with E-state index in [1.807, 2.05) is 0 Å². The van der Waals surface area contributed by atoms with E-state index in [0.29, 0.717) is 12.3 Å². The van der Waals surface area contributed by atoms with Crippen LogP contribution in [0.25, 0.3) is 0 Å². The molecule has 0 radical (unpaired) electrons. The van der Waals surface area contributed by atoms with Crippen LogP contribution in [0.1, 0.15) is 36.0 Å². The highest BCUT2D eigenvalue weighted by Gasteiger charge is 2.27. The van der Waals surface area contributed by atoms with E-state index < -0.39 is 0 Å². The van der Waals surface area contributed by atoms with Crippen molar-refractivity contribution < 1.29 is 9.32 Å². The summed E-state index contributed by atoms with van der Waals surface area (Å²) in [4.78, 5) is 11.8. The zero-order valence-corrected chi connectivity index (χ0v) is 10.4. The molecular formula is C12H19N3O2. The molecule has 94 valence electrons. The lowest BCUT2D eigenvalue weighted by molar-refractivity contribution is 0.0885. The van der Waals surface area contributed by atoms with Gasteiger partial charge in [0.1, 0.15) is 0 Å². The Bertz CT molecular complexity index is 394. The van der Waals surface area contributed by atoms with E-state index in [9.17, 15) is 4.79 Å². The van der Waals surface area contributed by atoms with Crippen LogP contribution in [0.4, 0.5) is 0 Å². The van der Waals surface area contributed by atoms with E-state index in [1.54, 1.807) is 13.0 Å². The summed E-state index contributed by atoms with van der Waals surface area (Å²) in [7, 11) is 0. The van der Waals surface area contributed by atoms with E-state index in [0.717, 1.165) is 31.6 Å². The van der Waals surface area contributed by atoms with Crippen molar-refractivity contribution in [3.8, 4) is 0 Å². The van der Waals surface area contributed by atoms with Crippen LogP contribution in [0.5, 0.6) is 0 Å². The third-order valence-electron chi connectivity index (χ3n) is 3.34. The molecule has 1 aromatic rings. The Hall–Kier alpha value is -1.36. The predicted molar refractivity (Wildman–Crippen MR) is 63.8 cm³/mol. The van der Waals surface area contributed by atoms with E-state index in [-0.39, 0.29) is 11.3 Å². The monoisotopic (exact) mass is 237 g/mol. The summed E-state index contributed by atoms with van der Waals surface area (Å²) in [5, 5.41) is 9.95. The number of nitrogens with one attached hydrogen (secondary N) is 2. The molecule has 1 saturated heterocycles. The minimum absolute atomic E-state index is 0.176. The molecule has 0 atom stereocenters. The van der Waals surface area contributed by atoms with Crippen LogP contribution in [-0.2, 0) is 0 Å². The summed E-state index contributed by atoms with van der Waals surface area (Å²) >= 11 is 0. The van der Waals surface area contributed by atoms with Crippen molar-refractivity contribution in [2.75, 3.05) is 19.6 Å². The SMILES string of the molecule is Cc1cc(C(=O)NCC2(C)CCNCC2)on1. The van der Waals surface area contributed by atoms with Gasteiger partial charge in [-0.05, 0) is 38.3 Å². The third-order valence-corrected chi connectivity index (χ3v) is 3.34. The first-order valence-corrected chi connectivity index (χ1v) is 6.01. The molecule has 1 aliphatic heterocycles. The summed E-state index contributed by atoms with van der Waals surface area (Å²) in [6.45, 7) is 6.74. The average molecular weight is 237 g/mol. The highest BCUT2D eigenvalue weighted by Crippen LogP contribution is 2.26. The molecule has 0 spiro atoms. The van der Waals surface area contributed by atoms with E-state index in [1.165, 1.54) is 0 Å². The summed E-state index contributed by atoms with van der Waals surface area (Å²) in [6.07, 6.45) is 2.17. The first-order valence-electron chi connectivity index (χ1n) is 6.01. The smallest absolute Gasteiger partial charge is 0.289 e. The van der Waals surface area contributed by atoms with Gasteiger partial charge < -0.3 is 15.2 Å². The van der Waals surface area contributed by atoms with Gasteiger partial charge in [0, 0.05) is 12.6 Å². The molecule has 0 unspecified atom stereocenters. The molecule has 2 N–H and O–H groups in total.